The van der Waals surface area contributed by atoms with Gasteiger partial charge in [0.05, 0.1) is 11.4 Å². The van der Waals surface area contributed by atoms with Crippen LogP contribution in [0.4, 0.5) is 5.00 Å². The number of carbonyl (C=O) groups excluding carboxylic acids is 1. The van der Waals surface area contributed by atoms with Crippen molar-refractivity contribution in [2.45, 2.75) is 13.3 Å². The third kappa shape index (κ3) is 2.87. The van der Waals surface area contributed by atoms with Crippen molar-refractivity contribution in [3.8, 4) is 0 Å². The molecule has 1 rings (SSSR count). The van der Waals surface area contributed by atoms with Gasteiger partial charge >= 0.3 is 5.97 Å². The molecule has 1 amide bonds. The topological polar surface area (TPSA) is 66.4 Å². The molecule has 2 N–H and O–H groups in total. The van der Waals surface area contributed by atoms with E-state index in [0.29, 0.717) is 10.6 Å². The smallest absolute Gasteiger partial charge is 0.307 e. The van der Waals surface area contributed by atoms with Gasteiger partial charge in [0.25, 0.3) is 0 Å². The summed E-state index contributed by atoms with van der Waals surface area (Å²) in [5, 5.41) is 13.5. The van der Waals surface area contributed by atoms with Crippen molar-refractivity contribution in [2.24, 2.45) is 0 Å². The van der Waals surface area contributed by atoms with Gasteiger partial charge in [-0.1, -0.05) is 0 Å². The first-order valence-electron chi connectivity index (χ1n) is 3.65. The van der Waals surface area contributed by atoms with Crippen molar-refractivity contribution in [3.05, 3.63) is 17.0 Å². The zero-order valence-corrected chi connectivity index (χ0v) is 7.85. The van der Waals surface area contributed by atoms with E-state index in [4.69, 9.17) is 5.11 Å². The number of hydrogen-bond donors (Lipinski definition) is 2. The lowest BCUT2D eigenvalue weighted by molar-refractivity contribution is -0.136. The van der Waals surface area contributed by atoms with Crippen molar-refractivity contribution in [2.75, 3.05) is 5.32 Å². The van der Waals surface area contributed by atoms with Crippen molar-refractivity contribution in [1.82, 2.24) is 0 Å². The van der Waals surface area contributed by atoms with Gasteiger partial charge in [0.15, 0.2) is 0 Å². The summed E-state index contributed by atoms with van der Waals surface area (Å²) in [4.78, 5) is 21.1. The summed E-state index contributed by atoms with van der Waals surface area (Å²) >= 11 is 1.32. The summed E-state index contributed by atoms with van der Waals surface area (Å²) in [6, 6.07) is 1.70. The molecular weight excluding hydrogens is 190 g/mol. The highest BCUT2D eigenvalue weighted by Crippen LogP contribution is 2.23. The summed E-state index contributed by atoms with van der Waals surface area (Å²) in [7, 11) is 0. The van der Waals surface area contributed by atoms with E-state index in [0.717, 1.165) is 0 Å². The minimum Gasteiger partial charge on any atom is -0.481 e. The van der Waals surface area contributed by atoms with E-state index in [9.17, 15) is 9.59 Å². The van der Waals surface area contributed by atoms with Crippen LogP contribution in [0, 0.1) is 0 Å². The molecule has 0 radical (unpaired) electrons. The van der Waals surface area contributed by atoms with Gasteiger partial charge in [0.2, 0.25) is 5.91 Å². The maximum atomic E-state index is 10.7. The molecule has 1 aromatic rings. The highest BCUT2D eigenvalue weighted by atomic mass is 32.1. The van der Waals surface area contributed by atoms with E-state index in [2.05, 4.69) is 5.32 Å². The fourth-order valence-electron chi connectivity index (χ4n) is 0.907. The third-order valence-corrected chi connectivity index (χ3v) is 2.25. The molecule has 0 bridgehead atoms. The maximum absolute atomic E-state index is 10.7. The maximum Gasteiger partial charge on any atom is 0.307 e. The summed E-state index contributed by atoms with van der Waals surface area (Å²) < 4.78 is 0. The lowest BCUT2D eigenvalue weighted by Crippen LogP contribution is -2.08. The average Bonchev–Trinajstić information content (AvgIpc) is 2.34. The molecule has 0 aliphatic rings. The van der Waals surface area contributed by atoms with E-state index < -0.39 is 5.97 Å². The zero-order valence-electron chi connectivity index (χ0n) is 7.03. The van der Waals surface area contributed by atoms with Crippen molar-refractivity contribution in [3.63, 3.8) is 0 Å². The normalized spacial score (nSPS) is 9.62. The number of nitrogens with one attached hydrogen (secondary N) is 1. The van der Waals surface area contributed by atoms with Gasteiger partial charge in [-0.05, 0) is 17.0 Å². The van der Waals surface area contributed by atoms with Crippen LogP contribution in [-0.2, 0) is 16.0 Å². The number of hydrogen-bond acceptors (Lipinski definition) is 3. The lowest BCUT2D eigenvalue weighted by Gasteiger charge is -2.00. The molecular formula is C8H9NO3S. The van der Waals surface area contributed by atoms with Crippen LogP contribution in [0.2, 0.25) is 0 Å². The minimum atomic E-state index is -0.898. The first kappa shape index (κ1) is 9.73. The molecule has 70 valence electrons. The zero-order chi connectivity index (χ0) is 9.84. The van der Waals surface area contributed by atoms with Crippen LogP contribution in [-0.4, -0.2) is 17.0 Å². The van der Waals surface area contributed by atoms with Gasteiger partial charge in [0, 0.05) is 6.92 Å². The molecule has 0 atom stereocenters. The number of carboxylic acid groups (broad SMARTS) is 1. The minimum absolute atomic E-state index is 0.0564. The molecule has 0 aliphatic heterocycles. The third-order valence-electron chi connectivity index (χ3n) is 1.38. The second-order valence-corrected chi connectivity index (χ2v) is 3.44. The fourth-order valence-corrected chi connectivity index (χ4v) is 1.77. The van der Waals surface area contributed by atoms with Crippen LogP contribution < -0.4 is 5.32 Å². The van der Waals surface area contributed by atoms with Gasteiger partial charge < -0.3 is 10.4 Å². The van der Waals surface area contributed by atoms with E-state index in [1.165, 1.54) is 18.3 Å². The Hall–Kier alpha value is -1.36. The fraction of sp³-hybridized carbons (Fsp3) is 0.250. The molecule has 5 heteroatoms. The van der Waals surface area contributed by atoms with Crippen molar-refractivity contribution < 1.29 is 14.7 Å². The Morgan fingerprint density at radius 2 is 2.31 bits per heavy atom. The largest absolute Gasteiger partial charge is 0.481 e. The summed E-state index contributed by atoms with van der Waals surface area (Å²) in [5.41, 5.74) is 0.646. The molecule has 0 unspecified atom stereocenters. The number of amides is 1. The molecule has 0 fully saturated rings. The van der Waals surface area contributed by atoms with E-state index in [1.807, 2.05) is 0 Å². The predicted molar refractivity (Wildman–Crippen MR) is 50.0 cm³/mol. The van der Waals surface area contributed by atoms with Crippen LogP contribution in [0.25, 0.3) is 0 Å². The van der Waals surface area contributed by atoms with Gasteiger partial charge in [-0.25, -0.2) is 0 Å². The summed E-state index contributed by atoms with van der Waals surface area (Å²) in [6.07, 6.45) is -0.0564. The van der Waals surface area contributed by atoms with Crippen LogP contribution in [0.3, 0.4) is 0 Å². The Kier molecular flexibility index (Phi) is 3.02. The molecule has 0 saturated heterocycles. The van der Waals surface area contributed by atoms with Gasteiger partial charge in [-0.15, -0.1) is 11.3 Å². The molecule has 1 heterocycles. The Balaban J connectivity index is 2.76. The molecule has 0 aliphatic carbocycles. The van der Waals surface area contributed by atoms with Crippen LogP contribution in [0.1, 0.15) is 12.5 Å². The van der Waals surface area contributed by atoms with Crippen LogP contribution in [0.15, 0.2) is 11.4 Å². The Morgan fingerprint density at radius 1 is 1.62 bits per heavy atom. The monoisotopic (exact) mass is 199 g/mol. The van der Waals surface area contributed by atoms with Crippen LogP contribution >= 0.6 is 11.3 Å². The number of thiophene rings is 1. The second-order valence-electron chi connectivity index (χ2n) is 2.53. The molecule has 4 nitrogen and oxygen atoms in total. The summed E-state index contributed by atoms with van der Waals surface area (Å²) in [6.45, 7) is 1.39. The van der Waals surface area contributed by atoms with Gasteiger partial charge in [0.1, 0.15) is 0 Å². The Morgan fingerprint density at radius 3 is 2.85 bits per heavy atom. The van der Waals surface area contributed by atoms with Crippen molar-refractivity contribution >= 4 is 28.2 Å². The Bertz CT molecular complexity index is 301. The first-order chi connectivity index (χ1) is 6.09. The van der Waals surface area contributed by atoms with E-state index in [-0.39, 0.29) is 12.3 Å². The highest BCUT2D eigenvalue weighted by Gasteiger charge is 2.08. The summed E-state index contributed by atoms with van der Waals surface area (Å²) in [5.74, 6) is -1.08. The number of rotatable bonds is 3. The number of carboxylic acids is 1. The standard InChI is InChI=1S/C8H9NO3S/c1-5(10)9-8-6(2-3-13-8)4-7(11)12/h2-3H,4H2,1H3,(H,9,10)(H,11,12). The Labute approximate surface area is 79.2 Å². The van der Waals surface area contributed by atoms with Crippen molar-refractivity contribution in [1.29, 1.82) is 0 Å². The molecule has 13 heavy (non-hydrogen) atoms. The molecule has 0 saturated carbocycles. The average molecular weight is 199 g/mol. The highest BCUT2D eigenvalue weighted by molar-refractivity contribution is 7.14. The SMILES string of the molecule is CC(=O)Nc1sccc1CC(=O)O. The lowest BCUT2D eigenvalue weighted by atomic mass is 10.2. The quantitative estimate of drug-likeness (QED) is 0.771. The molecule has 0 aromatic carbocycles. The predicted octanol–water partition coefficient (Wildman–Crippen LogP) is 1.33. The first-order valence-corrected chi connectivity index (χ1v) is 4.53. The number of aliphatic carboxylic acids is 1. The van der Waals surface area contributed by atoms with E-state index >= 15 is 0 Å². The number of carbonyl (C=O) groups is 2. The molecule has 0 spiro atoms. The van der Waals surface area contributed by atoms with Crippen LogP contribution in [0.5, 0.6) is 0 Å². The van der Waals surface area contributed by atoms with Gasteiger partial charge in [-0.2, -0.15) is 0 Å². The van der Waals surface area contributed by atoms with E-state index in [1.54, 1.807) is 11.4 Å². The number of anilines is 1. The van der Waals surface area contributed by atoms with Gasteiger partial charge in [-0.3, -0.25) is 9.59 Å². The molecule has 1 aromatic heterocycles. The second kappa shape index (κ2) is 4.04.